The fourth-order valence-electron chi connectivity index (χ4n) is 21.7. The van der Waals surface area contributed by atoms with E-state index >= 15 is 0 Å². The molecule has 17 rings (SSSR count). The molecule has 428 valence electrons. The number of carbonyl (C=O) groups is 2. The summed E-state index contributed by atoms with van der Waals surface area (Å²) in [6, 6.07) is 13.0. The average molecular weight is 1120 g/mol. The van der Waals surface area contributed by atoms with Crippen LogP contribution in [0.1, 0.15) is 214 Å². The molecule has 15 aliphatic rings. The first-order chi connectivity index (χ1) is 38.2. The van der Waals surface area contributed by atoms with Crippen LogP contribution in [0, 0.1) is 51.2 Å². The first kappa shape index (κ1) is 53.6. The standard InChI is InChI=1S/C66H90N4O7S2/c1-42(71)76-61-30-19-44-33-47(57(75)58-56(44)45-20-32-65(77-58)28-7-13-48(65)34-45)39-70-41-62(37-55(70)74)49(17-18-52(62)43-11-3-2-4-12-43)38-68-59(67)69-66(29-9-24-60(66)22-5-6-23-60)79-78-40-50-16-15-46(51(21-31-61)53(72)36-61)35-64(50)27-10-26-63(64)25-8-14-54(63)73/h2-4,11-12,20,32-33,45-46,48-54,72-73,75H,5-10,13-19,21-31,34-41H2,1H3,(H3,67,68,69). The fraction of sp³-hybridized carbons (Fsp3) is 0.742. The van der Waals surface area contributed by atoms with E-state index in [0.717, 1.165) is 126 Å². The highest BCUT2D eigenvalue weighted by Gasteiger charge is 2.66. The number of aliphatic hydroxyl groups is 2. The van der Waals surface area contributed by atoms with Gasteiger partial charge in [0.15, 0.2) is 17.5 Å². The number of nitrogens with two attached hydrogens (primary N) is 1. The molecule has 2 aromatic rings. The molecule has 13 heteroatoms. The van der Waals surface area contributed by atoms with Gasteiger partial charge < -0.3 is 40.7 Å². The summed E-state index contributed by atoms with van der Waals surface area (Å²) in [4.78, 5) is 35.5. The van der Waals surface area contributed by atoms with Gasteiger partial charge in [-0.05, 0) is 200 Å². The fourth-order valence-corrected chi connectivity index (χ4v) is 25.7. The average Bonchev–Trinajstić information content (AvgIpc) is 4.36. The van der Waals surface area contributed by atoms with Crippen LogP contribution in [0.4, 0.5) is 0 Å². The van der Waals surface area contributed by atoms with Crippen molar-refractivity contribution < 1.29 is 34.4 Å². The van der Waals surface area contributed by atoms with E-state index in [1.807, 2.05) is 4.90 Å². The van der Waals surface area contributed by atoms with E-state index in [4.69, 9.17) is 20.2 Å². The van der Waals surface area contributed by atoms with Gasteiger partial charge in [-0.25, -0.2) is 0 Å². The molecule has 15 atom stereocenters. The Hall–Kier alpha value is -3.39. The molecule has 0 radical (unpaired) electrons. The number of rotatable bonds is 2. The summed E-state index contributed by atoms with van der Waals surface area (Å²) in [5.41, 5.74) is 9.79. The Labute approximate surface area is 478 Å². The Kier molecular flexibility index (Phi) is 13.7. The van der Waals surface area contributed by atoms with Crippen LogP contribution in [0.3, 0.4) is 0 Å². The Morgan fingerprint density at radius 1 is 0.835 bits per heavy atom. The van der Waals surface area contributed by atoms with E-state index < -0.39 is 17.3 Å². The van der Waals surface area contributed by atoms with Gasteiger partial charge >= 0.3 is 5.97 Å². The summed E-state index contributed by atoms with van der Waals surface area (Å²) in [7, 11) is 4.16. The molecule has 6 heterocycles. The van der Waals surface area contributed by atoms with Crippen molar-refractivity contribution in [3.63, 3.8) is 0 Å². The predicted molar refractivity (Wildman–Crippen MR) is 312 cm³/mol. The third kappa shape index (κ3) is 8.54. The van der Waals surface area contributed by atoms with E-state index in [9.17, 15) is 24.9 Å². The molecule has 79 heavy (non-hydrogen) atoms. The van der Waals surface area contributed by atoms with Crippen molar-refractivity contribution in [2.45, 2.75) is 233 Å². The summed E-state index contributed by atoms with van der Waals surface area (Å²) < 4.78 is 13.8. The van der Waals surface area contributed by atoms with Crippen LogP contribution in [0.2, 0.25) is 0 Å². The lowest BCUT2D eigenvalue weighted by molar-refractivity contribution is -0.173. The second-order valence-corrected chi connectivity index (χ2v) is 31.1. The maximum atomic E-state index is 15.0. The van der Waals surface area contributed by atoms with Gasteiger partial charge in [-0.1, -0.05) is 83.7 Å². The van der Waals surface area contributed by atoms with Crippen molar-refractivity contribution in [1.29, 1.82) is 0 Å². The first-order valence-electron chi connectivity index (χ1n) is 31.8. The topological polar surface area (TPSA) is 167 Å². The minimum atomic E-state index is -0.848. The molecule has 0 aromatic heterocycles. The molecular weight excluding hydrogens is 1020 g/mol. The number of amides is 1. The van der Waals surface area contributed by atoms with Crippen LogP contribution >= 0.6 is 21.6 Å². The van der Waals surface area contributed by atoms with Crippen molar-refractivity contribution in [2.24, 2.45) is 62.0 Å². The maximum Gasteiger partial charge on any atom is 0.303 e. The van der Waals surface area contributed by atoms with Gasteiger partial charge in [0.25, 0.3) is 0 Å². The van der Waals surface area contributed by atoms with Gasteiger partial charge in [-0.2, -0.15) is 0 Å². The zero-order valence-electron chi connectivity index (χ0n) is 47.2. The molecule has 6 aliphatic heterocycles. The number of phenolic OH excluding ortho intramolecular Hbond substituents is 1. The Morgan fingerprint density at radius 2 is 1.62 bits per heavy atom. The largest absolute Gasteiger partial charge is 0.504 e. The maximum absolute atomic E-state index is 15.0. The lowest BCUT2D eigenvalue weighted by Crippen LogP contribution is -2.56. The van der Waals surface area contributed by atoms with Gasteiger partial charge in [0.05, 0.1) is 12.2 Å². The second-order valence-electron chi connectivity index (χ2n) is 28.5. The molecule has 8 saturated carbocycles. The normalized spacial score (nSPS) is 43.3. The zero-order chi connectivity index (χ0) is 54.0. The molecule has 9 aliphatic carbocycles. The lowest BCUT2D eigenvalue weighted by Gasteiger charge is -2.57. The number of aliphatic imine (C=N–C) groups is 1. The zero-order valence-corrected chi connectivity index (χ0v) is 48.8. The molecule has 15 unspecified atom stereocenters. The Balaban J connectivity index is 0.862. The number of hydrogen-bond donors (Lipinski definition) is 5. The Morgan fingerprint density at radius 3 is 2.43 bits per heavy atom. The number of benzene rings is 2. The number of guanidine groups is 1. The van der Waals surface area contributed by atoms with Crippen molar-refractivity contribution >= 4 is 39.4 Å². The van der Waals surface area contributed by atoms with Crippen molar-refractivity contribution in [1.82, 2.24) is 10.2 Å². The molecule has 9 fully saturated rings. The number of aliphatic hydroxyl groups excluding tert-OH is 2. The number of phenols is 1. The number of allylic oxidation sites excluding steroid dienone is 1. The number of nitrogens with one attached hydrogen (secondary N) is 1. The number of hydrogen-bond acceptors (Lipinski definition) is 12. The number of aromatic hydroxyl groups is 1. The van der Waals surface area contributed by atoms with Crippen molar-refractivity contribution in [3.8, 4) is 11.5 Å². The van der Waals surface area contributed by atoms with E-state index in [0.29, 0.717) is 80.2 Å². The third-order valence-electron chi connectivity index (χ3n) is 25.3. The highest BCUT2D eigenvalue weighted by atomic mass is 33.1. The minimum absolute atomic E-state index is 0.0184. The predicted octanol–water partition coefficient (Wildman–Crippen LogP) is 12.5. The second kappa shape index (κ2) is 20.2. The van der Waals surface area contributed by atoms with Crippen LogP contribution < -0.4 is 15.8 Å². The number of nitrogens with zero attached hydrogens (tertiary/aromatic N) is 2. The van der Waals surface area contributed by atoms with Crippen LogP contribution in [-0.2, 0) is 27.3 Å². The molecule has 2 aromatic carbocycles. The van der Waals surface area contributed by atoms with Crippen LogP contribution in [-0.4, -0.2) is 85.2 Å². The van der Waals surface area contributed by atoms with Gasteiger partial charge in [-0.3, -0.25) is 14.6 Å². The monoisotopic (exact) mass is 1110 g/mol. The molecule has 10 bridgehead atoms. The van der Waals surface area contributed by atoms with Crippen LogP contribution in [0.5, 0.6) is 11.5 Å². The van der Waals surface area contributed by atoms with Gasteiger partial charge in [0.2, 0.25) is 5.91 Å². The van der Waals surface area contributed by atoms with E-state index in [1.54, 1.807) is 0 Å². The van der Waals surface area contributed by atoms with Gasteiger partial charge in [-0.15, -0.1) is 0 Å². The number of esters is 1. The smallest absolute Gasteiger partial charge is 0.303 e. The summed E-state index contributed by atoms with van der Waals surface area (Å²) in [5, 5.41) is 41.8. The molecule has 6 spiro atoms. The minimum Gasteiger partial charge on any atom is -0.504 e. The number of fused-ring (bicyclic) bond motifs is 1. The van der Waals surface area contributed by atoms with Crippen molar-refractivity contribution in [2.75, 3.05) is 18.8 Å². The van der Waals surface area contributed by atoms with Crippen LogP contribution in [0.25, 0.3) is 0 Å². The number of ether oxygens (including phenoxy) is 2. The number of aryl methyl sites for hydroxylation is 1. The molecular formula is C66H90N4O7S2. The van der Waals surface area contributed by atoms with E-state index in [2.05, 4.69) is 75.5 Å². The quantitative estimate of drug-likeness (QED) is 0.110. The molecule has 11 nitrogen and oxygen atoms in total. The van der Waals surface area contributed by atoms with E-state index in [1.165, 1.54) is 51.0 Å². The van der Waals surface area contributed by atoms with Gasteiger partial charge in [0.1, 0.15) is 16.1 Å². The SMILES string of the molecule is CC(=O)OC12CCc3cc(c(O)c4c3C3C=CC5(CCCC5C3)O4)CN3CC4(CC3=O)C(CCC4c3ccccc3)CN=C(N)NC3(CCCC34CCCC4)SSCC3CCC(CC34CCCC43CCCC3O)C(CC1)C(O)C2. The van der Waals surface area contributed by atoms with E-state index in [-0.39, 0.29) is 80.5 Å². The summed E-state index contributed by atoms with van der Waals surface area (Å²) in [6.07, 6.45) is 31.3. The van der Waals surface area contributed by atoms with Crippen molar-refractivity contribution in [3.05, 3.63) is 70.8 Å². The highest BCUT2D eigenvalue weighted by Crippen LogP contribution is 2.72. The first-order valence-corrected chi connectivity index (χ1v) is 34.1. The summed E-state index contributed by atoms with van der Waals surface area (Å²) in [6.45, 7) is 2.91. The molecule has 1 saturated heterocycles. The highest BCUT2D eigenvalue weighted by molar-refractivity contribution is 8.77. The Bertz CT molecular complexity index is 2740. The van der Waals surface area contributed by atoms with Gasteiger partial charge in [0, 0.05) is 84.4 Å². The summed E-state index contributed by atoms with van der Waals surface area (Å²) >= 11 is 0. The summed E-state index contributed by atoms with van der Waals surface area (Å²) in [5.74, 6) is 3.75. The van der Waals surface area contributed by atoms with Crippen LogP contribution in [0.15, 0.2) is 53.5 Å². The third-order valence-corrected chi connectivity index (χ3v) is 28.5. The molecule has 6 N–H and O–H groups in total. The lowest BCUT2D eigenvalue weighted by atomic mass is 9.49. The molecule has 1 amide bonds. The number of carbonyl (C=O) groups excluding carboxylic acids is 2.